The quantitative estimate of drug-likeness (QED) is 0.597. The predicted molar refractivity (Wildman–Crippen MR) is 120 cm³/mol. The summed E-state index contributed by atoms with van der Waals surface area (Å²) in [5, 5.41) is 13.0. The van der Waals surface area contributed by atoms with Gasteiger partial charge < -0.3 is 19.4 Å². The highest BCUT2D eigenvalue weighted by Crippen LogP contribution is 2.32. The van der Waals surface area contributed by atoms with Gasteiger partial charge in [0.15, 0.2) is 11.5 Å². The number of nitriles is 1. The van der Waals surface area contributed by atoms with Gasteiger partial charge in [0.2, 0.25) is 5.91 Å². The SMILES string of the molecule is CC(NC(=O)/C=C/c1cn(CCC#N)c2ccccc12)c1ccc2c(c1)OCCCO2. The molecule has 4 rings (SSSR count). The predicted octanol–water partition coefficient (Wildman–Crippen LogP) is 4.61. The molecule has 1 unspecified atom stereocenters. The molecular weight excluding hydrogens is 390 g/mol. The highest BCUT2D eigenvalue weighted by atomic mass is 16.5. The molecule has 1 N–H and O–H groups in total. The highest BCUT2D eigenvalue weighted by molar-refractivity contribution is 5.96. The third kappa shape index (κ3) is 4.72. The number of hydrogen-bond donors (Lipinski definition) is 1. The average molecular weight is 415 g/mol. The van der Waals surface area contributed by atoms with Gasteiger partial charge in [-0.3, -0.25) is 4.79 Å². The van der Waals surface area contributed by atoms with Crippen molar-refractivity contribution in [2.75, 3.05) is 13.2 Å². The van der Waals surface area contributed by atoms with Gasteiger partial charge in [-0.2, -0.15) is 5.26 Å². The molecule has 2 aromatic carbocycles. The van der Waals surface area contributed by atoms with E-state index in [0.29, 0.717) is 26.2 Å². The van der Waals surface area contributed by atoms with Crippen molar-refractivity contribution in [1.29, 1.82) is 5.26 Å². The van der Waals surface area contributed by atoms with Crippen molar-refractivity contribution in [2.45, 2.75) is 32.4 Å². The normalized spacial score (nSPS) is 14.2. The second-order valence-electron chi connectivity index (χ2n) is 7.52. The Bertz CT molecular complexity index is 1160. The Morgan fingerprint density at radius 3 is 2.87 bits per heavy atom. The molecule has 0 spiro atoms. The molecule has 0 radical (unpaired) electrons. The van der Waals surface area contributed by atoms with Gasteiger partial charge in [-0.15, -0.1) is 0 Å². The number of aromatic nitrogens is 1. The van der Waals surface area contributed by atoms with Crippen molar-refractivity contribution >= 4 is 22.9 Å². The second kappa shape index (κ2) is 9.40. The second-order valence-corrected chi connectivity index (χ2v) is 7.52. The zero-order valence-electron chi connectivity index (χ0n) is 17.5. The zero-order chi connectivity index (χ0) is 21.6. The number of rotatable bonds is 6. The van der Waals surface area contributed by atoms with Crippen molar-refractivity contribution < 1.29 is 14.3 Å². The van der Waals surface area contributed by atoms with E-state index in [4.69, 9.17) is 14.7 Å². The standard InChI is InChI=1S/C25H25N3O3/c1-18(19-8-10-23-24(16-19)31-15-5-14-30-23)27-25(29)11-9-20-17-28(13-4-12-26)22-7-3-2-6-21(20)22/h2-3,6-11,16-18H,4-5,13-15H2,1H3,(H,27,29)/b11-9+. The number of hydrogen-bond acceptors (Lipinski definition) is 4. The number of carbonyl (C=O) groups excluding carboxylic acids is 1. The topological polar surface area (TPSA) is 76.3 Å². The Kier molecular flexibility index (Phi) is 6.23. The lowest BCUT2D eigenvalue weighted by Gasteiger charge is -2.15. The number of benzene rings is 2. The van der Waals surface area contributed by atoms with Gasteiger partial charge in [0.1, 0.15) is 0 Å². The maximum atomic E-state index is 12.6. The van der Waals surface area contributed by atoms with Crippen LogP contribution in [-0.2, 0) is 11.3 Å². The number of nitrogens with one attached hydrogen (secondary N) is 1. The van der Waals surface area contributed by atoms with Crippen LogP contribution in [0.5, 0.6) is 11.5 Å². The molecular formula is C25H25N3O3. The first-order valence-corrected chi connectivity index (χ1v) is 10.5. The van der Waals surface area contributed by atoms with E-state index in [9.17, 15) is 4.79 Å². The zero-order valence-corrected chi connectivity index (χ0v) is 17.5. The Labute approximate surface area is 181 Å². The first kappa shape index (κ1) is 20.5. The fourth-order valence-corrected chi connectivity index (χ4v) is 3.72. The third-order valence-corrected chi connectivity index (χ3v) is 5.33. The first-order chi connectivity index (χ1) is 15.2. The minimum atomic E-state index is -0.175. The Balaban J connectivity index is 1.46. The summed E-state index contributed by atoms with van der Waals surface area (Å²) >= 11 is 0. The van der Waals surface area contributed by atoms with Gasteiger partial charge in [-0.1, -0.05) is 24.3 Å². The third-order valence-electron chi connectivity index (χ3n) is 5.33. The molecule has 31 heavy (non-hydrogen) atoms. The summed E-state index contributed by atoms with van der Waals surface area (Å²) in [5.74, 6) is 1.29. The van der Waals surface area contributed by atoms with E-state index in [2.05, 4.69) is 16.0 Å². The summed E-state index contributed by atoms with van der Waals surface area (Å²) in [6.45, 7) is 3.84. The number of para-hydroxylation sites is 1. The van der Waals surface area contributed by atoms with E-state index in [0.717, 1.165) is 39.9 Å². The molecule has 1 atom stereocenters. The van der Waals surface area contributed by atoms with Crippen LogP contribution in [0.15, 0.2) is 54.7 Å². The van der Waals surface area contributed by atoms with E-state index < -0.39 is 0 Å². The number of nitrogens with zero attached hydrogens (tertiary/aromatic N) is 2. The van der Waals surface area contributed by atoms with Gasteiger partial charge in [0, 0.05) is 41.7 Å². The van der Waals surface area contributed by atoms with Crippen LogP contribution >= 0.6 is 0 Å². The fraction of sp³-hybridized carbons (Fsp3) is 0.280. The monoisotopic (exact) mass is 415 g/mol. The van der Waals surface area contributed by atoms with E-state index in [1.807, 2.05) is 61.7 Å². The van der Waals surface area contributed by atoms with Crippen LogP contribution in [0, 0.1) is 11.3 Å². The van der Waals surface area contributed by atoms with Gasteiger partial charge in [-0.05, 0) is 36.8 Å². The largest absolute Gasteiger partial charge is 0.490 e. The molecule has 1 amide bonds. The summed E-state index contributed by atoms with van der Waals surface area (Å²) in [7, 11) is 0. The summed E-state index contributed by atoms with van der Waals surface area (Å²) in [4.78, 5) is 12.6. The molecule has 2 heterocycles. The summed E-state index contributed by atoms with van der Waals surface area (Å²) in [5.41, 5.74) is 2.96. The van der Waals surface area contributed by atoms with E-state index in [1.54, 1.807) is 6.08 Å². The molecule has 6 nitrogen and oxygen atoms in total. The number of amides is 1. The molecule has 1 aliphatic rings. The van der Waals surface area contributed by atoms with Crippen LogP contribution in [0.1, 0.15) is 36.9 Å². The summed E-state index contributed by atoms with van der Waals surface area (Å²) < 4.78 is 13.5. The number of carbonyl (C=O) groups is 1. The number of fused-ring (bicyclic) bond motifs is 2. The van der Waals surface area contributed by atoms with Crippen molar-refractivity contribution in [1.82, 2.24) is 9.88 Å². The molecule has 0 saturated heterocycles. The van der Waals surface area contributed by atoms with Crippen molar-refractivity contribution in [3.8, 4) is 17.6 Å². The van der Waals surface area contributed by atoms with Crippen molar-refractivity contribution in [3.05, 3.63) is 65.9 Å². The smallest absolute Gasteiger partial charge is 0.244 e. The van der Waals surface area contributed by atoms with E-state index >= 15 is 0 Å². The van der Waals surface area contributed by atoms with Gasteiger partial charge in [0.05, 0.1) is 31.7 Å². The number of ether oxygens (including phenoxy) is 2. The lowest BCUT2D eigenvalue weighted by molar-refractivity contribution is -0.117. The Hall–Kier alpha value is -3.72. The lowest BCUT2D eigenvalue weighted by Crippen LogP contribution is -2.24. The average Bonchev–Trinajstić information content (AvgIpc) is 2.96. The molecule has 0 bridgehead atoms. The summed E-state index contributed by atoms with van der Waals surface area (Å²) in [6.07, 6.45) is 6.65. The van der Waals surface area contributed by atoms with Crippen molar-refractivity contribution in [3.63, 3.8) is 0 Å². The lowest BCUT2D eigenvalue weighted by atomic mass is 10.1. The molecule has 0 aliphatic carbocycles. The summed E-state index contributed by atoms with van der Waals surface area (Å²) in [6, 6.07) is 15.8. The molecule has 0 fully saturated rings. The first-order valence-electron chi connectivity index (χ1n) is 10.5. The minimum Gasteiger partial charge on any atom is -0.490 e. The van der Waals surface area contributed by atoms with Crippen LogP contribution in [0.2, 0.25) is 0 Å². The molecule has 3 aromatic rings. The Morgan fingerprint density at radius 1 is 1.23 bits per heavy atom. The maximum absolute atomic E-state index is 12.6. The fourth-order valence-electron chi connectivity index (χ4n) is 3.72. The van der Waals surface area contributed by atoms with E-state index in [-0.39, 0.29) is 11.9 Å². The Morgan fingerprint density at radius 2 is 2.03 bits per heavy atom. The van der Waals surface area contributed by atoms with E-state index in [1.165, 1.54) is 0 Å². The van der Waals surface area contributed by atoms with Crippen LogP contribution in [-0.4, -0.2) is 23.7 Å². The molecule has 1 aromatic heterocycles. The van der Waals surface area contributed by atoms with Crippen LogP contribution in [0.25, 0.3) is 17.0 Å². The molecule has 1 aliphatic heterocycles. The van der Waals surface area contributed by atoms with Crippen LogP contribution < -0.4 is 14.8 Å². The van der Waals surface area contributed by atoms with Crippen LogP contribution in [0.3, 0.4) is 0 Å². The minimum absolute atomic E-state index is 0.173. The number of aryl methyl sites for hydroxylation is 1. The highest BCUT2D eigenvalue weighted by Gasteiger charge is 2.14. The van der Waals surface area contributed by atoms with Gasteiger partial charge >= 0.3 is 0 Å². The molecule has 0 saturated carbocycles. The van der Waals surface area contributed by atoms with Gasteiger partial charge in [0.25, 0.3) is 0 Å². The van der Waals surface area contributed by atoms with Crippen LogP contribution in [0.4, 0.5) is 0 Å². The molecule has 158 valence electrons. The van der Waals surface area contributed by atoms with Crippen molar-refractivity contribution in [2.24, 2.45) is 0 Å². The molecule has 6 heteroatoms. The maximum Gasteiger partial charge on any atom is 0.244 e. The van der Waals surface area contributed by atoms with Gasteiger partial charge in [-0.25, -0.2) is 0 Å².